The van der Waals surface area contributed by atoms with Crippen LogP contribution in [0.4, 0.5) is 0 Å². The van der Waals surface area contributed by atoms with Gasteiger partial charge in [0.15, 0.2) is 6.10 Å². The van der Waals surface area contributed by atoms with Crippen LogP contribution in [0.5, 0.6) is 5.75 Å². The second-order valence-corrected chi connectivity index (χ2v) is 4.19. The maximum absolute atomic E-state index is 11.8. The first-order chi connectivity index (χ1) is 9.69. The Morgan fingerprint density at radius 1 is 1.50 bits per heavy atom. The molecule has 0 bridgehead atoms. The van der Waals surface area contributed by atoms with E-state index in [0.29, 0.717) is 17.9 Å². The Kier molecular flexibility index (Phi) is 4.35. The number of hydrogen-bond donors (Lipinski definition) is 2. The topological polar surface area (TPSA) is 90.8 Å². The zero-order chi connectivity index (χ0) is 14.4. The summed E-state index contributed by atoms with van der Waals surface area (Å²) in [7, 11) is 0. The van der Waals surface area contributed by atoms with Crippen LogP contribution in [0.25, 0.3) is 0 Å². The number of H-pyrrole nitrogens is 1. The molecule has 6 nitrogen and oxygen atoms in total. The molecule has 1 atom stereocenters. The SMILES string of the molecule is CC(Oc1ccc(C#N)cc1)C(=O)NCc1cnc[nH]1. The molecular weight excluding hydrogens is 256 g/mol. The van der Waals surface area contributed by atoms with Crippen molar-refractivity contribution < 1.29 is 9.53 Å². The van der Waals surface area contributed by atoms with Crippen molar-refractivity contribution in [2.75, 3.05) is 0 Å². The summed E-state index contributed by atoms with van der Waals surface area (Å²) in [5.41, 5.74) is 1.37. The average molecular weight is 270 g/mol. The molecule has 0 aliphatic carbocycles. The number of imidazole rings is 1. The minimum Gasteiger partial charge on any atom is -0.481 e. The van der Waals surface area contributed by atoms with E-state index in [2.05, 4.69) is 15.3 Å². The van der Waals surface area contributed by atoms with Gasteiger partial charge in [-0.1, -0.05) is 0 Å². The summed E-state index contributed by atoms with van der Waals surface area (Å²) >= 11 is 0. The lowest BCUT2D eigenvalue weighted by molar-refractivity contribution is -0.127. The van der Waals surface area contributed by atoms with Crippen LogP contribution >= 0.6 is 0 Å². The first-order valence-electron chi connectivity index (χ1n) is 6.11. The van der Waals surface area contributed by atoms with Crippen LogP contribution in [0.2, 0.25) is 0 Å². The lowest BCUT2D eigenvalue weighted by Gasteiger charge is -2.14. The highest BCUT2D eigenvalue weighted by Crippen LogP contribution is 2.13. The molecule has 1 heterocycles. The number of aromatic amines is 1. The smallest absolute Gasteiger partial charge is 0.261 e. The van der Waals surface area contributed by atoms with Gasteiger partial charge in [-0.15, -0.1) is 0 Å². The number of amides is 1. The number of nitrogens with one attached hydrogen (secondary N) is 2. The van der Waals surface area contributed by atoms with E-state index < -0.39 is 6.10 Å². The van der Waals surface area contributed by atoms with E-state index in [9.17, 15) is 4.79 Å². The second kappa shape index (κ2) is 6.38. The molecule has 2 rings (SSSR count). The molecule has 6 heteroatoms. The summed E-state index contributed by atoms with van der Waals surface area (Å²) < 4.78 is 5.50. The first kappa shape index (κ1) is 13.6. The fourth-order valence-electron chi connectivity index (χ4n) is 1.57. The van der Waals surface area contributed by atoms with Crippen molar-refractivity contribution in [2.24, 2.45) is 0 Å². The van der Waals surface area contributed by atoms with Crippen LogP contribution in [0.15, 0.2) is 36.8 Å². The van der Waals surface area contributed by atoms with Gasteiger partial charge in [0, 0.05) is 6.20 Å². The highest BCUT2D eigenvalue weighted by molar-refractivity contribution is 5.80. The fraction of sp³-hybridized carbons (Fsp3) is 0.214. The Morgan fingerprint density at radius 3 is 2.85 bits per heavy atom. The molecular formula is C14H14N4O2. The van der Waals surface area contributed by atoms with Gasteiger partial charge in [0.2, 0.25) is 0 Å². The van der Waals surface area contributed by atoms with E-state index in [-0.39, 0.29) is 5.91 Å². The highest BCUT2D eigenvalue weighted by atomic mass is 16.5. The largest absolute Gasteiger partial charge is 0.481 e. The normalized spacial score (nSPS) is 11.4. The maximum Gasteiger partial charge on any atom is 0.261 e. The molecule has 1 amide bonds. The Bertz CT molecular complexity index is 599. The van der Waals surface area contributed by atoms with Gasteiger partial charge in [-0.25, -0.2) is 4.98 Å². The van der Waals surface area contributed by atoms with Gasteiger partial charge < -0.3 is 15.0 Å². The van der Waals surface area contributed by atoms with Gasteiger partial charge in [-0.2, -0.15) is 5.26 Å². The van der Waals surface area contributed by atoms with Crippen molar-refractivity contribution in [3.63, 3.8) is 0 Å². The van der Waals surface area contributed by atoms with E-state index >= 15 is 0 Å². The third-order valence-corrected chi connectivity index (χ3v) is 2.67. The Morgan fingerprint density at radius 2 is 2.25 bits per heavy atom. The molecule has 0 aliphatic heterocycles. The molecule has 0 fully saturated rings. The molecule has 1 unspecified atom stereocenters. The summed E-state index contributed by atoms with van der Waals surface area (Å²) in [4.78, 5) is 18.6. The van der Waals surface area contributed by atoms with Crippen LogP contribution in [-0.2, 0) is 11.3 Å². The summed E-state index contributed by atoms with van der Waals surface area (Å²) in [6.07, 6.45) is 2.58. The van der Waals surface area contributed by atoms with Gasteiger partial charge in [-0.05, 0) is 31.2 Å². The molecule has 0 spiro atoms. The van der Waals surface area contributed by atoms with Gasteiger partial charge in [0.25, 0.3) is 5.91 Å². The molecule has 0 saturated carbocycles. The van der Waals surface area contributed by atoms with Crippen molar-refractivity contribution >= 4 is 5.91 Å². The molecule has 2 N–H and O–H groups in total. The van der Waals surface area contributed by atoms with Gasteiger partial charge in [-0.3, -0.25) is 4.79 Å². The molecule has 0 saturated heterocycles. The molecule has 20 heavy (non-hydrogen) atoms. The number of ether oxygens (including phenoxy) is 1. The van der Waals surface area contributed by atoms with Crippen LogP contribution in [-0.4, -0.2) is 22.0 Å². The summed E-state index contributed by atoms with van der Waals surface area (Å²) in [5.74, 6) is 0.331. The number of rotatable bonds is 5. The maximum atomic E-state index is 11.8. The predicted molar refractivity (Wildman–Crippen MR) is 71.7 cm³/mol. The third kappa shape index (κ3) is 3.59. The number of hydrogen-bond acceptors (Lipinski definition) is 4. The zero-order valence-corrected chi connectivity index (χ0v) is 11.0. The van der Waals surface area contributed by atoms with E-state index in [1.807, 2.05) is 6.07 Å². The standard InChI is InChI=1S/C14H14N4O2/c1-10(14(19)17-8-12-7-16-9-18-12)20-13-4-2-11(6-15)3-5-13/h2-5,7,9-10H,8H2,1H3,(H,16,18)(H,17,19). The third-order valence-electron chi connectivity index (χ3n) is 2.67. The Hall–Kier alpha value is -2.81. The first-order valence-corrected chi connectivity index (χ1v) is 6.11. The van der Waals surface area contributed by atoms with Crippen molar-refractivity contribution in [2.45, 2.75) is 19.6 Å². The molecule has 1 aromatic heterocycles. The number of aromatic nitrogens is 2. The number of carbonyl (C=O) groups is 1. The van der Waals surface area contributed by atoms with Crippen molar-refractivity contribution in [3.05, 3.63) is 48.0 Å². The van der Waals surface area contributed by atoms with Crippen LogP contribution in [0.1, 0.15) is 18.2 Å². The Labute approximate surface area is 116 Å². The number of carbonyl (C=O) groups excluding carboxylic acids is 1. The zero-order valence-electron chi connectivity index (χ0n) is 11.0. The fourth-order valence-corrected chi connectivity index (χ4v) is 1.57. The minimum atomic E-state index is -0.620. The molecule has 0 radical (unpaired) electrons. The van der Waals surface area contributed by atoms with Crippen molar-refractivity contribution in [3.8, 4) is 11.8 Å². The van der Waals surface area contributed by atoms with Crippen LogP contribution < -0.4 is 10.1 Å². The minimum absolute atomic E-state index is 0.219. The number of nitrogens with zero attached hydrogens (tertiary/aromatic N) is 2. The molecule has 102 valence electrons. The van der Waals surface area contributed by atoms with Gasteiger partial charge in [0.05, 0.1) is 30.2 Å². The number of nitriles is 1. The van der Waals surface area contributed by atoms with Gasteiger partial charge >= 0.3 is 0 Å². The summed E-state index contributed by atoms with van der Waals surface area (Å²) in [6.45, 7) is 2.04. The lowest BCUT2D eigenvalue weighted by Crippen LogP contribution is -2.35. The molecule has 2 aromatic rings. The van der Waals surface area contributed by atoms with E-state index in [1.54, 1.807) is 43.7 Å². The van der Waals surface area contributed by atoms with Crippen molar-refractivity contribution in [1.82, 2.24) is 15.3 Å². The summed E-state index contributed by atoms with van der Waals surface area (Å²) in [6, 6.07) is 8.64. The highest BCUT2D eigenvalue weighted by Gasteiger charge is 2.14. The summed E-state index contributed by atoms with van der Waals surface area (Å²) in [5, 5.41) is 11.4. The quantitative estimate of drug-likeness (QED) is 0.858. The monoisotopic (exact) mass is 270 g/mol. The lowest BCUT2D eigenvalue weighted by atomic mass is 10.2. The van der Waals surface area contributed by atoms with Crippen LogP contribution in [0.3, 0.4) is 0 Å². The van der Waals surface area contributed by atoms with E-state index in [4.69, 9.17) is 10.00 Å². The number of benzene rings is 1. The molecule has 0 aliphatic rings. The van der Waals surface area contributed by atoms with Gasteiger partial charge in [0.1, 0.15) is 5.75 Å². The predicted octanol–water partition coefficient (Wildman–Crippen LogP) is 1.37. The van der Waals surface area contributed by atoms with Crippen molar-refractivity contribution in [1.29, 1.82) is 5.26 Å². The second-order valence-electron chi connectivity index (χ2n) is 4.19. The van der Waals surface area contributed by atoms with Crippen LogP contribution in [0, 0.1) is 11.3 Å². The van der Waals surface area contributed by atoms with E-state index in [0.717, 1.165) is 5.69 Å². The Balaban J connectivity index is 1.85. The van der Waals surface area contributed by atoms with E-state index in [1.165, 1.54) is 0 Å². The average Bonchev–Trinajstić information content (AvgIpc) is 2.98. The molecule has 1 aromatic carbocycles.